The van der Waals surface area contributed by atoms with Crippen LogP contribution >= 0.6 is 0 Å². The Bertz CT molecular complexity index is 862. The molecule has 2 aliphatic heterocycles. The summed E-state index contributed by atoms with van der Waals surface area (Å²) in [5.74, 6) is 2.40. The Morgan fingerprint density at radius 2 is 1.93 bits per heavy atom. The smallest absolute Gasteiger partial charge is 0.231 e. The minimum Gasteiger partial charge on any atom is -0.454 e. The highest BCUT2D eigenvalue weighted by atomic mass is 16.7. The maximum Gasteiger partial charge on any atom is 0.231 e. The fourth-order valence-corrected chi connectivity index (χ4v) is 3.78. The van der Waals surface area contributed by atoms with Crippen molar-refractivity contribution in [2.75, 3.05) is 31.3 Å². The molecule has 0 bridgehead atoms. The Morgan fingerprint density at radius 1 is 1.10 bits per heavy atom. The van der Waals surface area contributed by atoms with Crippen molar-refractivity contribution in [1.29, 1.82) is 0 Å². The number of anilines is 1. The Kier molecular flexibility index (Phi) is 6.08. The van der Waals surface area contributed by atoms with Crippen LogP contribution in [0.3, 0.4) is 0 Å². The van der Waals surface area contributed by atoms with E-state index in [1.807, 2.05) is 18.2 Å². The zero-order chi connectivity index (χ0) is 20.1. The average Bonchev–Trinajstić information content (AvgIpc) is 3.44. The molecular formula is C23H30N4O2. The molecule has 2 aromatic carbocycles. The van der Waals surface area contributed by atoms with Crippen LogP contribution in [-0.2, 0) is 6.54 Å². The standard InChI is InChI=1S/C23H30N4O2/c1-3-24-23(25-15-18-9-10-21-22(13-18)29-16-28-21)26-17(2)19-7-6-8-20(14-19)27-11-4-5-12-27/h6-10,13-14,17H,3-5,11-12,15-16H2,1-2H3,(H2,24,25,26). The van der Waals surface area contributed by atoms with Crippen LogP contribution in [0.2, 0.25) is 0 Å². The van der Waals surface area contributed by atoms with Gasteiger partial charge >= 0.3 is 0 Å². The van der Waals surface area contributed by atoms with Gasteiger partial charge in [0.15, 0.2) is 17.5 Å². The molecule has 29 heavy (non-hydrogen) atoms. The van der Waals surface area contributed by atoms with Crippen molar-refractivity contribution in [1.82, 2.24) is 10.6 Å². The number of rotatable bonds is 6. The van der Waals surface area contributed by atoms with Crippen molar-refractivity contribution in [3.8, 4) is 11.5 Å². The first kappa shape index (κ1) is 19.4. The first-order chi connectivity index (χ1) is 14.2. The van der Waals surface area contributed by atoms with Crippen molar-refractivity contribution >= 4 is 11.6 Å². The molecule has 0 radical (unpaired) electrons. The minimum atomic E-state index is 0.159. The molecule has 0 amide bonds. The largest absolute Gasteiger partial charge is 0.454 e. The molecule has 0 aromatic heterocycles. The molecule has 2 aliphatic rings. The van der Waals surface area contributed by atoms with Crippen LogP contribution in [0.15, 0.2) is 47.5 Å². The Balaban J connectivity index is 1.43. The van der Waals surface area contributed by atoms with E-state index in [9.17, 15) is 0 Å². The van der Waals surface area contributed by atoms with Gasteiger partial charge in [0, 0.05) is 25.3 Å². The molecule has 1 saturated heterocycles. The molecule has 2 N–H and O–H groups in total. The lowest BCUT2D eigenvalue weighted by Crippen LogP contribution is -2.38. The van der Waals surface area contributed by atoms with E-state index in [1.54, 1.807) is 0 Å². The fraction of sp³-hybridized carbons (Fsp3) is 0.435. The van der Waals surface area contributed by atoms with Crippen molar-refractivity contribution in [2.24, 2.45) is 4.99 Å². The summed E-state index contributed by atoms with van der Waals surface area (Å²) in [5, 5.41) is 6.89. The van der Waals surface area contributed by atoms with Crippen LogP contribution in [0.5, 0.6) is 11.5 Å². The molecule has 2 aromatic rings. The summed E-state index contributed by atoms with van der Waals surface area (Å²) in [4.78, 5) is 7.23. The van der Waals surface area contributed by atoms with E-state index in [4.69, 9.17) is 14.5 Å². The molecule has 2 heterocycles. The first-order valence-corrected chi connectivity index (χ1v) is 10.5. The number of guanidine groups is 1. The summed E-state index contributed by atoms with van der Waals surface area (Å²) in [6.07, 6.45) is 2.57. The first-order valence-electron chi connectivity index (χ1n) is 10.5. The quantitative estimate of drug-likeness (QED) is 0.576. The van der Waals surface area contributed by atoms with Gasteiger partial charge in [0.1, 0.15) is 0 Å². The monoisotopic (exact) mass is 394 g/mol. The highest BCUT2D eigenvalue weighted by Gasteiger charge is 2.15. The molecule has 154 valence electrons. The van der Waals surface area contributed by atoms with Gasteiger partial charge in [0.25, 0.3) is 0 Å². The van der Waals surface area contributed by atoms with E-state index < -0.39 is 0 Å². The van der Waals surface area contributed by atoms with Gasteiger partial charge in [0.05, 0.1) is 12.6 Å². The van der Waals surface area contributed by atoms with Crippen LogP contribution in [0.25, 0.3) is 0 Å². The Labute approximate surface area is 172 Å². The number of fused-ring (bicyclic) bond motifs is 1. The minimum absolute atomic E-state index is 0.159. The molecule has 0 aliphatic carbocycles. The second-order valence-electron chi connectivity index (χ2n) is 7.54. The molecule has 1 unspecified atom stereocenters. The molecule has 1 fully saturated rings. The van der Waals surface area contributed by atoms with Gasteiger partial charge in [-0.05, 0) is 62.1 Å². The molecular weight excluding hydrogens is 364 g/mol. The van der Waals surface area contributed by atoms with E-state index in [-0.39, 0.29) is 6.04 Å². The van der Waals surface area contributed by atoms with E-state index in [0.29, 0.717) is 13.3 Å². The van der Waals surface area contributed by atoms with Gasteiger partial charge in [-0.1, -0.05) is 18.2 Å². The number of nitrogens with one attached hydrogen (secondary N) is 2. The number of ether oxygens (including phenoxy) is 2. The zero-order valence-corrected chi connectivity index (χ0v) is 17.3. The van der Waals surface area contributed by atoms with Crippen LogP contribution < -0.4 is 25.0 Å². The fourth-order valence-electron chi connectivity index (χ4n) is 3.78. The molecule has 4 rings (SSSR count). The van der Waals surface area contributed by atoms with Crippen LogP contribution in [0.4, 0.5) is 5.69 Å². The van der Waals surface area contributed by atoms with Gasteiger partial charge in [-0.25, -0.2) is 4.99 Å². The maximum atomic E-state index is 5.46. The van der Waals surface area contributed by atoms with Crippen molar-refractivity contribution in [3.63, 3.8) is 0 Å². The predicted molar refractivity (Wildman–Crippen MR) is 117 cm³/mol. The summed E-state index contributed by atoms with van der Waals surface area (Å²) in [6.45, 7) is 8.25. The molecule has 0 spiro atoms. The summed E-state index contributed by atoms with van der Waals surface area (Å²) in [5.41, 5.74) is 3.68. The molecule has 6 nitrogen and oxygen atoms in total. The van der Waals surface area contributed by atoms with E-state index in [0.717, 1.165) is 42.7 Å². The number of aliphatic imine (C=N–C) groups is 1. The Morgan fingerprint density at radius 3 is 2.76 bits per heavy atom. The van der Waals surface area contributed by atoms with Crippen molar-refractivity contribution < 1.29 is 9.47 Å². The van der Waals surface area contributed by atoms with Crippen LogP contribution in [0, 0.1) is 0 Å². The van der Waals surface area contributed by atoms with E-state index in [1.165, 1.54) is 24.1 Å². The Hall–Kier alpha value is -2.89. The SMILES string of the molecule is CCNC(=NCc1ccc2c(c1)OCO2)NC(C)c1cccc(N2CCCC2)c1. The van der Waals surface area contributed by atoms with E-state index >= 15 is 0 Å². The lowest BCUT2D eigenvalue weighted by atomic mass is 10.1. The highest BCUT2D eigenvalue weighted by Crippen LogP contribution is 2.32. The maximum absolute atomic E-state index is 5.46. The third-order valence-electron chi connectivity index (χ3n) is 5.40. The van der Waals surface area contributed by atoms with Gasteiger partial charge < -0.3 is 25.0 Å². The second kappa shape index (κ2) is 9.07. The zero-order valence-electron chi connectivity index (χ0n) is 17.3. The topological polar surface area (TPSA) is 58.1 Å². The van der Waals surface area contributed by atoms with Gasteiger partial charge in [-0.2, -0.15) is 0 Å². The van der Waals surface area contributed by atoms with Gasteiger partial charge in [0.2, 0.25) is 6.79 Å². The summed E-state index contributed by atoms with van der Waals surface area (Å²) in [6, 6.07) is 15.0. The number of hydrogen-bond acceptors (Lipinski definition) is 4. The third kappa shape index (κ3) is 4.75. The van der Waals surface area contributed by atoms with Crippen LogP contribution in [-0.4, -0.2) is 32.4 Å². The highest BCUT2D eigenvalue weighted by molar-refractivity contribution is 5.80. The summed E-state index contributed by atoms with van der Waals surface area (Å²) < 4.78 is 10.8. The normalized spacial score (nSPS) is 16.8. The van der Waals surface area contributed by atoms with Gasteiger partial charge in [-0.3, -0.25) is 0 Å². The molecule has 0 saturated carbocycles. The summed E-state index contributed by atoms with van der Waals surface area (Å²) in [7, 11) is 0. The number of nitrogens with zero attached hydrogens (tertiary/aromatic N) is 2. The lowest BCUT2D eigenvalue weighted by molar-refractivity contribution is 0.174. The summed E-state index contributed by atoms with van der Waals surface area (Å²) >= 11 is 0. The number of benzene rings is 2. The van der Waals surface area contributed by atoms with Crippen molar-refractivity contribution in [3.05, 3.63) is 53.6 Å². The molecule has 6 heteroatoms. The number of hydrogen-bond donors (Lipinski definition) is 2. The molecule has 1 atom stereocenters. The second-order valence-corrected chi connectivity index (χ2v) is 7.54. The third-order valence-corrected chi connectivity index (χ3v) is 5.40. The van der Waals surface area contributed by atoms with Gasteiger partial charge in [-0.15, -0.1) is 0 Å². The van der Waals surface area contributed by atoms with Crippen molar-refractivity contribution in [2.45, 2.75) is 39.3 Å². The van der Waals surface area contributed by atoms with Crippen LogP contribution in [0.1, 0.15) is 43.9 Å². The average molecular weight is 395 g/mol. The lowest BCUT2D eigenvalue weighted by Gasteiger charge is -2.22. The predicted octanol–water partition coefficient (Wildman–Crippen LogP) is 3.83. The van der Waals surface area contributed by atoms with E-state index in [2.05, 4.69) is 53.6 Å².